The normalized spacial score (nSPS) is 11.2. The number of benzene rings is 2. The number of fused-ring (bicyclic) bond motifs is 2. The van der Waals surface area contributed by atoms with Gasteiger partial charge in [-0.3, -0.25) is 24.0 Å². The molecule has 28 heavy (non-hydrogen) atoms. The van der Waals surface area contributed by atoms with Crippen LogP contribution < -0.4 is 11.2 Å². The highest BCUT2D eigenvalue weighted by Gasteiger charge is 2.21. The number of hydrogen-bond donors (Lipinski definition) is 0. The van der Waals surface area contributed by atoms with E-state index in [0.29, 0.717) is 21.6 Å². The highest BCUT2D eigenvalue weighted by Crippen LogP contribution is 2.32. The zero-order chi connectivity index (χ0) is 20.2. The summed E-state index contributed by atoms with van der Waals surface area (Å²) in [7, 11) is 1.32. The maximum Gasteiger partial charge on any atom is 0.352 e. The Balaban J connectivity index is 2.23. The maximum absolute atomic E-state index is 12.6. The van der Waals surface area contributed by atoms with Crippen molar-refractivity contribution in [3.8, 4) is 17.1 Å². The van der Waals surface area contributed by atoms with Crippen molar-refractivity contribution in [3.63, 3.8) is 0 Å². The summed E-state index contributed by atoms with van der Waals surface area (Å²) in [5.41, 5.74) is -0.251. The van der Waals surface area contributed by atoms with E-state index in [1.807, 2.05) is 0 Å². The zero-order valence-corrected chi connectivity index (χ0v) is 15.7. The summed E-state index contributed by atoms with van der Waals surface area (Å²) in [5.74, 6) is 0.118. The van der Waals surface area contributed by atoms with Crippen LogP contribution in [0.2, 0.25) is 10.0 Å². The number of nitro benzene ring substituents is 1. The monoisotopic (exact) mass is 416 g/mol. The van der Waals surface area contributed by atoms with E-state index in [9.17, 15) is 19.7 Å². The van der Waals surface area contributed by atoms with Gasteiger partial charge in [0.05, 0.1) is 26.0 Å². The van der Waals surface area contributed by atoms with Crippen molar-refractivity contribution in [1.82, 2.24) is 14.1 Å². The van der Waals surface area contributed by atoms with Gasteiger partial charge in [-0.15, -0.1) is 0 Å². The van der Waals surface area contributed by atoms with Gasteiger partial charge in [-0.05, 0) is 30.3 Å². The van der Waals surface area contributed by atoms with Crippen molar-refractivity contribution < 1.29 is 4.92 Å². The molecule has 2 aliphatic heterocycles. The van der Waals surface area contributed by atoms with E-state index in [0.717, 1.165) is 4.57 Å². The Morgan fingerprint density at radius 2 is 1.79 bits per heavy atom. The Bertz CT molecular complexity index is 1380. The number of halogens is 2. The summed E-state index contributed by atoms with van der Waals surface area (Å²) < 4.78 is 2.43. The van der Waals surface area contributed by atoms with E-state index in [-0.39, 0.29) is 22.1 Å². The van der Waals surface area contributed by atoms with Gasteiger partial charge in [0.15, 0.2) is 5.82 Å². The van der Waals surface area contributed by atoms with E-state index >= 15 is 0 Å². The molecule has 2 aliphatic rings. The standard InChI is InChI=1S/C18H10Cl2N4O4/c1-22-17(25)12-7-9-6-11(24(27)28)3-5-15(9)23(16(12)21-18(22)26)10-2-4-13(19)14(20)8-10/h2-8H,1H3. The van der Waals surface area contributed by atoms with Gasteiger partial charge >= 0.3 is 5.69 Å². The van der Waals surface area contributed by atoms with E-state index < -0.39 is 16.2 Å². The molecule has 0 fully saturated rings. The number of aromatic nitrogens is 3. The van der Waals surface area contributed by atoms with Gasteiger partial charge in [-0.2, -0.15) is 4.98 Å². The lowest BCUT2D eigenvalue weighted by molar-refractivity contribution is -0.384. The highest BCUT2D eigenvalue weighted by molar-refractivity contribution is 6.42. The van der Waals surface area contributed by atoms with Gasteiger partial charge < -0.3 is 0 Å². The predicted molar refractivity (Wildman–Crippen MR) is 106 cm³/mol. The minimum absolute atomic E-state index is 0.118. The lowest BCUT2D eigenvalue weighted by atomic mass is 10.1. The van der Waals surface area contributed by atoms with Crippen LogP contribution in [0.4, 0.5) is 5.69 Å². The molecule has 0 atom stereocenters. The molecule has 0 saturated heterocycles. The van der Waals surface area contributed by atoms with Crippen LogP contribution in [0.3, 0.4) is 0 Å². The molecule has 0 bridgehead atoms. The molecule has 2 aromatic rings. The van der Waals surface area contributed by atoms with Crippen LogP contribution in [0.1, 0.15) is 0 Å². The van der Waals surface area contributed by atoms with Crippen LogP contribution in [-0.4, -0.2) is 19.0 Å². The summed E-state index contributed by atoms with van der Waals surface area (Å²) in [5, 5.41) is 12.2. The second kappa shape index (κ2) is 6.43. The van der Waals surface area contributed by atoms with Crippen LogP contribution in [0.15, 0.2) is 52.1 Å². The number of nitro groups is 1. The second-order valence-corrected chi connectivity index (χ2v) is 6.89. The molecule has 10 heteroatoms. The summed E-state index contributed by atoms with van der Waals surface area (Å²) in [6.45, 7) is 0. The lowest BCUT2D eigenvalue weighted by Crippen LogP contribution is -2.35. The van der Waals surface area contributed by atoms with Gasteiger partial charge in [0, 0.05) is 30.3 Å². The SMILES string of the molecule is Cn1c(=O)nc2n(-c3ccc(Cl)c(Cl)c3)c3ccc([N+](=O)[O-])cc3cc-2c1=O. The third-order valence-corrected chi connectivity index (χ3v) is 5.14. The van der Waals surface area contributed by atoms with Crippen LogP contribution in [0, 0.1) is 10.1 Å². The van der Waals surface area contributed by atoms with Crippen molar-refractivity contribution in [1.29, 1.82) is 0 Å². The average molecular weight is 417 g/mol. The molecular weight excluding hydrogens is 407 g/mol. The molecule has 8 nitrogen and oxygen atoms in total. The molecule has 2 heterocycles. The van der Waals surface area contributed by atoms with E-state index in [1.165, 1.54) is 31.3 Å². The summed E-state index contributed by atoms with van der Waals surface area (Å²) in [6.07, 6.45) is 0. The third kappa shape index (κ3) is 2.74. The smallest absolute Gasteiger partial charge is 0.294 e. The third-order valence-electron chi connectivity index (χ3n) is 4.40. The largest absolute Gasteiger partial charge is 0.352 e. The Labute approximate surface area is 166 Å². The van der Waals surface area contributed by atoms with Crippen LogP contribution >= 0.6 is 23.2 Å². The molecule has 0 unspecified atom stereocenters. The van der Waals surface area contributed by atoms with E-state index in [1.54, 1.807) is 22.8 Å². The first-order valence-electron chi connectivity index (χ1n) is 7.94. The number of nitrogens with zero attached hydrogens (tertiary/aromatic N) is 4. The molecule has 0 radical (unpaired) electrons. The Hall–Kier alpha value is -3.23. The highest BCUT2D eigenvalue weighted by atomic mass is 35.5. The van der Waals surface area contributed by atoms with Crippen LogP contribution in [-0.2, 0) is 7.05 Å². The first-order chi connectivity index (χ1) is 13.3. The number of hydrogen-bond acceptors (Lipinski definition) is 5. The molecular formula is C18H10Cl2N4O4. The first kappa shape index (κ1) is 18.1. The fourth-order valence-corrected chi connectivity index (χ4v) is 3.31. The number of non-ortho nitro benzene ring substituents is 1. The lowest BCUT2D eigenvalue weighted by Gasteiger charge is -2.18. The summed E-state index contributed by atoms with van der Waals surface area (Å²) in [6, 6.07) is 10.5. The number of pyridine rings is 1. The van der Waals surface area contributed by atoms with Crippen molar-refractivity contribution in [2.75, 3.05) is 0 Å². The fraction of sp³-hybridized carbons (Fsp3) is 0.0556. The van der Waals surface area contributed by atoms with E-state index in [4.69, 9.17) is 23.2 Å². The van der Waals surface area contributed by atoms with E-state index in [2.05, 4.69) is 4.98 Å². The average Bonchev–Trinajstić information content (AvgIpc) is 2.67. The Morgan fingerprint density at radius 3 is 2.46 bits per heavy atom. The molecule has 0 saturated carbocycles. The van der Waals surface area contributed by atoms with Gasteiger partial charge in [-0.1, -0.05) is 23.2 Å². The predicted octanol–water partition coefficient (Wildman–Crippen LogP) is 3.40. The van der Waals surface area contributed by atoms with Gasteiger partial charge in [-0.25, -0.2) is 4.79 Å². The fourth-order valence-electron chi connectivity index (χ4n) is 3.02. The van der Waals surface area contributed by atoms with Crippen molar-refractivity contribution in [3.05, 3.63) is 83.5 Å². The molecule has 0 amide bonds. The van der Waals surface area contributed by atoms with Crippen molar-refractivity contribution >= 4 is 39.8 Å². The summed E-state index contributed by atoms with van der Waals surface area (Å²) >= 11 is 12.1. The first-order valence-corrected chi connectivity index (χ1v) is 8.70. The maximum atomic E-state index is 12.6. The van der Waals surface area contributed by atoms with Gasteiger partial charge in [0.2, 0.25) is 0 Å². The molecule has 140 valence electrons. The van der Waals surface area contributed by atoms with Crippen molar-refractivity contribution in [2.45, 2.75) is 0 Å². The van der Waals surface area contributed by atoms with Crippen LogP contribution in [0.25, 0.3) is 28.0 Å². The molecule has 0 spiro atoms. The molecule has 4 rings (SSSR count). The zero-order valence-electron chi connectivity index (χ0n) is 14.2. The molecule has 2 aromatic carbocycles. The second-order valence-electron chi connectivity index (χ2n) is 6.07. The number of rotatable bonds is 2. The summed E-state index contributed by atoms with van der Waals surface area (Å²) in [4.78, 5) is 39.5. The Morgan fingerprint density at radius 1 is 1.04 bits per heavy atom. The minimum atomic E-state index is -0.715. The van der Waals surface area contributed by atoms with Gasteiger partial charge in [0.1, 0.15) is 0 Å². The van der Waals surface area contributed by atoms with Crippen LogP contribution in [0.5, 0.6) is 0 Å². The molecule has 0 aromatic heterocycles. The van der Waals surface area contributed by atoms with Gasteiger partial charge in [0.25, 0.3) is 11.2 Å². The molecule has 0 aliphatic carbocycles. The van der Waals surface area contributed by atoms with Crippen molar-refractivity contribution in [2.24, 2.45) is 7.05 Å². The topological polar surface area (TPSA) is 100 Å². The molecule has 0 N–H and O–H groups in total. The quantitative estimate of drug-likeness (QED) is 0.283. The minimum Gasteiger partial charge on any atom is -0.294 e. The Kier molecular flexibility index (Phi) is 4.17.